The number of methoxy groups -OCH3 is 1. The summed E-state index contributed by atoms with van der Waals surface area (Å²) in [5, 5.41) is 3.08. The van der Waals surface area contributed by atoms with Crippen LogP contribution in [-0.4, -0.2) is 23.8 Å². The number of ether oxygens (including phenoxy) is 1. The molecule has 0 atom stereocenters. The predicted octanol–water partition coefficient (Wildman–Crippen LogP) is 4.53. The number of carbonyl (C=O) groups excluding carboxylic acids is 2. The molecule has 0 spiro atoms. The first-order valence-electron chi connectivity index (χ1n) is 9.80. The first kappa shape index (κ1) is 20.3. The second kappa shape index (κ2) is 8.44. The van der Waals surface area contributed by atoms with E-state index in [1.165, 1.54) is 13.2 Å². The smallest absolute Gasteiger partial charge is 0.278 e. The maximum Gasteiger partial charge on any atom is 0.278 e. The summed E-state index contributed by atoms with van der Waals surface area (Å²) in [5.74, 6) is -0.929. The molecule has 0 aromatic heterocycles. The fourth-order valence-electron chi connectivity index (χ4n) is 3.50. The Kier molecular flexibility index (Phi) is 5.54. The molecule has 0 radical (unpaired) electrons. The van der Waals surface area contributed by atoms with Crippen LogP contribution < -0.4 is 10.1 Å². The number of hydrogen-bond acceptors (Lipinski definition) is 4. The molecule has 31 heavy (non-hydrogen) atoms. The zero-order valence-corrected chi connectivity index (χ0v) is 17.2. The molecule has 1 aliphatic heterocycles. The summed E-state index contributed by atoms with van der Waals surface area (Å²) in [4.78, 5) is 27.7. The lowest BCUT2D eigenvalue weighted by Crippen LogP contribution is -2.32. The standard InChI is InChI=1S/C25H21FN2O3/c1-16-11-13-17(14-12-16)22-23(27-20-9-5-6-10-21(20)31-2)25(30)28(24(22)29)15-18-7-3-4-8-19(18)26/h3-14,27H,15H2,1-2H3. The number of halogens is 1. The van der Waals surface area contributed by atoms with Crippen LogP contribution in [0.4, 0.5) is 10.1 Å². The molecule has 3 aromatic carbocycles. The van der Waals surface area contributed by atoms with Crippen molar-refractivity contribution in [3.05, 3.63) is 101 Å². The van der Waals surface area contributed by atoms with Crippen molar-refractivity contribution in [3.63, 3.8) is 0 Å². The Morgan fingerprint density at radius 1 is 0.903 bits per heavy atom. The van der Waals surface area contributed by atoms with Crippen LogP contribution in [0.3, 0.4) is 0 Å². The van der Waals surface area contributed by atoms with E-state index < -0.39 is 17.6 Å². The lowest BCUT2D eigenvalue weighted by molar-refractivity contribution is -0.137. The average Bonchev–Trinajstić information content (AvgIpc) is 3.00. The van der Waals surface area contributed by atoms with E-state index in [0.29, 0.717) is 17.0 Å². The van der Waals surface area contributed by atoms with Gasteiger partial charge in [0.15, 0.2) is 0 Å². The molecule has 1 heterocycles. The van der Waals surface area contributed by atoms with Gasteiger partial charge in [-0.15, -0.1) is 0 Å². The number of amides is 2. The van der Waals surface area contributed by atoms with Crippen molar-refractivity contribution in [1.29, 1.82) is 0 Å². The highest BCUT2D eigenvalue weighted by Crippen LogP contribution is 2.34. The topological polar surface area (TPSA) is 58.6 Å². The van der Waals surface area contributed by atoms with Gasteiger partial charge in [-0.2, -0.15) is 0 Å². The van der Waals surface area contributed by atoms with E-state index in [0.717, 1.165) is 10.5 Å². The summed E-state index contributed by atoms with van der Waals surface area (Å²) in [6.45, 7) is 1.79. The zero-order chi connectivity index (χ0) is 22.0. The van der Waals surface area contributed by atoms with Crippen molar-refractivity contribution in [2.75, 3.05) is 12.4 Å². The van der Waals surface area contributed by atoms with Crippen LogP contribution in [0.2, 0.25) is 0 Å². The fourth-order valence-corrected chi connectivity index (χ4v) is 3.50. The van der Waals surface area contributed by atoms with Crippen molar-refractivity contribution >= 4 is 23.1 Å². The van der Waals surface area contributed by atoms with Gasteiger partial charge in [-0.25, -0.2) is 4.39 Å². The molecule has 0 saturated carbocycles. The van der Waals surface area contributed by atoms with Gasteiger partial charge in [0.1, 0.15) is 17.3 Å². The lowest BCUT2D eigenvalue weighted by Gasteiger charge is -2.16. The Morgan fingerprint density at radius 2 is 1.58 bits per heavy atom. The number of benzene rings is 3. The van der Waals surface area contributed by atoms with Crippen LogP contribution in [0.1, 0.15) is 16.7 Å². The van der Waals surface area contributed by atoms with E-state index in [2.05, 4.69) is 5.32 Å². The minimum Gasteiger partial charge on any atom is -0.495 e. The average molecular weight is 416 g/mol. The highest BCUT2D eigenvalue weighted by atomic mass is 19.1. The molecule has 0 fully saturated rings. The molecule has 156 valence electrons. The number of anilines is 1. The SMILES string of the molecule is COc1ccccc1NC1=C(c2ccc(C)cc2)C(=O)N(Cc2ccccc2F)C1=O. The van der Waals surface area contributed by atoms with Crippen molar-refractivity contribution in [2.24, 2.45) is 0 Å². The van der Waals surface area contributed by atoms with Crippen molar-refractivity contribution in [2.45, 2.75) is 13.5 Å². The third-order valence-corrected chi connectivity index (χ3v) is 5.16. The number of nitrogens with zero attached hydrogens (tertiary/aromatic N) is 1. The number of hydrogen-bond donors (Lipinski definition) is 1. The van der Waals surface area contributed by atoms with Gasteiger partial charge in [0.05, 0.1) is 24.9 Å². The van der Waals surface area contributed by atoms with Gasteiger partial charge in [-0.3, -0.25) is 14.5 Å². The molecule has 1 N–H and O–H groups in total. The molecule has 4 rings (SSSR count). The second-order valence-electron chi connectivity index (χ2n) is 7.23. The molecule has 0 bridgehead atoms. The van der Waals surface area contributed by atoms with Gasteiger partial charge in [0, 0.05) is 5.56 Å². The summed E-state index contributed by atoms with van der Waals surface area (Å²) in [7, 11) is 1.53. The number of rotatable bonds is 6. The predicted molar refractivity (Wildman–Crippen MR) is 117 cm³/mol. The van der Waals surface area contributed by atoms with Crippen LogP contribution in [0.25, 0.3) is 5.57 Å². The van der Waals surface area contributed by atoms with Gasteiger partial charge in [0.2, 0.25) is 0 Å². The Bertz CT molecular complexity index is 1190. The largest absolute Gasteiger partial charge is 0.495 e. The van der Waals surface area contributed by atoms with Gasteiger partial charge in [0.25, 0.3) is 11.8 Å². The minimum atomic E-state index is -0.519. The first-order chi connectivity index (χ1) is 15.0. The molecule has 2 amide bonds. The summed E-state index contributed by atoms with van der Waals surface area (Å²) >= 11 is 0. The van der Waals surface area contributed by atoms with E-state index in [4.69, 9.17) is 4.74 Å². The third kappa shape index (κ3) is 3.92. The number of para-hydroxylation sites is 2. The third-order valence-electron chi connectivity index (χ3n) is 5.16. The van der Waals surface area contributed by atoms with Gasteiger partial charge >= 0.3 is 0 Å². The molecule has 6 heteroatoms. The van der Waals surface area contributed by atoms with Crippen molar-refractivity contribution < 1.29 is 18.7 Å². The van der Waals surface area contributed by atoms with Gasteiger partial charge in [-0.1, -0.05) is 60.2 Å². The highest BCUT2D eigenvalue weighted by Gasteiger charge is 2.39. The van der Waals surface area contributed by atoms with E-state index in [9.17, 15) is 14.0 Å². The number of nitrogens with one attached hydrogen (secondary N) is 1. The van der Waals surface area contributed by atoms with E-state index >= 15 is 0 Å². The first-order valence-corrected chi connectivity index (χ1v) is 9.80. The maximum atomic E-state index is 14.2. The quantitative estimate of drug-likeness (QED) is 0.600. The Labute approximate surface area is 179 Å². The van der Waals surface area contributed by atoms with E-state index in [-0.39, 0.29) is 23.4 Å². The molecule has 5 nitrogen and oxygen atoms in total. The highest BCUT2D eigenvalue weighted by molar-refractivity contribution is 6.36. The summed E-state index contributed by atoms with van der Waals surface area (Å²) in [5.41, 5.74) is 2.84. The molecule has 3 aromatic rings. The fraction of sp³-hybridized carbons (Fsp3) is 0.120. The molecule has 0 saturated heterocycles. The number of carbonyl (C=O) groups is 2. The van der Waals surface area contributed by atoms with Crippen LogP contribution in [0.5, 0.6) is 5.75 Å². The molecular formula is C25H21FN2O3. The van der Waals surface area contributed by atoms with Crippen LogP contribution >= 0.6 is 0 Å². The summed E-state index contributed by atoms with van der Waals surface area (Å²) in [6, 6.07) is 20.6. The second-order valence-corrected chi connectivity index (χ2v) is 7.23. The molecule has 0 unspecified atom stereocenters. The van der Waals surface area contributed by atoms with Crippen LogP contribution in [0.15, 0.2) is 78.5 Å². The normalized spacial score (nSPS) is 13.7. The van der Waals surface area contributed by atoms with E-state index in [1.54, 1.807) is 48.5 Å². The van der Waals surface area contributed by atoms with Crippen molar-refractivity contribution in [3.8, 4) is 5.75 Å². The van der Waals surface area contributed by atoms with Crippen LogP contribution in [-0.2, 0) is 16.1 Å². The lowest BCUT2D eigenvalue weighted by atomic mass is 10.0. The Morgan fingerprint density at radius 3 is 2.29 bits per heavy atom. The molecule has 0 aliphatic carbocycles. The number of aryl methyl sites for hydroxylation is 1. The number of imide groups is 1. The molecular weight excluding hydrogens is 395 g/mol. The maximum absolute atomic E-state index is 14.2. The molecule has 1 aliphatic rings. The monoisotopic (exact) mass is 416 g/mol. The Balaban J connectivity index is 1.77. The van der Waals surface area contributed by atoms with Gasteiger partial charge in [-0.05, 0) is 30.7 Å². The van der Waals surface area contributed by atoms with Gasteiger partial charge < -0.3 is 10.1 Å². The minimum absolute atomic E-state index is 0.134. The van der Waals surface area contributed by atoms with E-state index in [1.807, 2.05) is 25.1 Å². The summed E-state index contributed by atoms with van der Waals surface area (Å²) < 4.78 is 19.6. The van der Waals surface area contributed by atoms with Crippen molar-refractivity contribution in [1.82, 2.24) is 4.90 Å². The Hall–Kier alpha value is -3.93. The van der Waals surface area contributed by atoms with Crippen LogP contribution in [0, 0.1) is 12.7 Å². The zero-order valence-electron chi connectivity index (χ0n) is 17.2. The summed E-state index contributed by atoms with van der Waals surface area (Å²) in [6.07, 6.45) is 0.